The summed E-state index contributed by atoms with van der Waals surface area (Å²) < 4.78 is 4.72. The molecule has 5 heteroatoms. The number of hydrogen-bond acceptors (Lipinski definition) is 4. The fraction of sp³-hybridized carbons (Fsp3) is 0.514. The molecule has 0 saturated heterocycles. The molecule has 0 aliphatic carbocycles. The van der Waals surface area contributed by atoms with Crippen molar-refractivity contribution in [2.45, 2.75) is 107 Å². The second-order valence-electron chi connectivity index (χ2n) is 13.3. The first-order chi connectivity index (χ1) is 20.3. The van der Waals surface area contributed by atoms with Gasteiger partial charge in [-0.3, -0.25) is 0 Å². The van der Waals surface area contributed by atoms with Crippen molar-refractivity contribution in [3.63, 3.8) is 0 Å². The fourth-order valence-electron chi connectivity index (χ4n) is 6.27. The molecule has 0 spiro atoms. The van der Waals surface area contributed by atoms with Gasteiger partial charge in [0.25, 0.3) is 0 Å². The van der Waals surface area contributed by atoms with Crippen LogP contribution in [0.4, 0.5) is 0 Å². The molecule has 5 aromatic rings. The van der Waals surface area contributed by atoms with Crippen LogP contribution in [0.25, 0.3) is 41.1 Å². The third-order valence-electron chi connectivity index (χ3n) is 9.01. The Morgan fingerprint density at radius 3 is 1.69 bits per heavy atom. The Morgan fingerprint density at radius 1 is 0.643 bits per heavy atom. The Morgan fingerprint density at radius 2 is 1.19 bits per heavy atom. The molecule has 5 rings (SSSR count). The molecule has 0 amide bonds. The van der Waals surface area contributed by atoms with Crippen molar-refractivity contribution in [3.05, 3.63) is 51.5 Å². The molecule has 42 heavy (non-hydrogen) atoms. The molecule has 0 fully saturated rings. The van der Waals surface area contributed by atoms with Crippen LogP contribution in [0.15, 0.2) is 41.8 Å². The summed E-state index contributed by atoms with van der Waals surface area (Å²) in [5.74, 6) is 1.62. The van der Waals surface area contributed by atoms with Crippen LogP contribution in [0, 0.1) is 11.8 Å². The van der Waals surface area contributed by atoms with Gasteiger partial charge in [-0.15, -0.1) is 0 Å². The van der Waals surface area contributed by atoms with Gasteiger partial charge in [-0.05, 0) is 0 Å². The summed E-state index contributed by atoms with van der Waals surface area (Å²) >= 11 is 5.94. The third-order valence-corrected chi connectivity index (χ3v) is 22.8. The first-order valence-electron chi connectivity index (χ1n) is 16.4. The summed E-state index contributed by atoms with van der Waals surface area (Å²) in [7, 11) is 0. The molecule has 0 aliphatic rings. The summed E-state index contributed by atoms with van der Waals surface area (Å²) in [4.78, 5) is 13.8. The molecule has 0 saturated carbocycles. The van der Waals surface area contributed by atoms with E-state index in [4.69, 9.17) is 0 Å². The number of hydrogen-bond donors (Lipinski definition) is 0. The van der Waals surface area contributed by atoms with E-state index in [1.807, 2.05) is 11.3 Å². The van der Waals surface area contributed by atoms with E-state index in [9.17, 15) is 0 Å². The number of thiophene rings is 4. The van der Waals surface area contributed by atoms with Gasteiger partial charge < -0.3 is 0 Å². The minimum absolute atomic E-state index is 0.811. The molecule has 0 N–H and O–H groups in total. The predicted molar refractivity (Wildman–Crippen MR) is 201 cm³/mol. The van der Waals surface area contributed by atoms with Gasteiger partial charge in [0, 0.05) is 0 Å². The Hall–Kier alpha value is -0.661. The van der Waals surface area contributed by atoms with Gasteiger partial charge >= 0.3 is 264 Å². The van der Waals surface area contributed by atoms with Crippen molar-refractivity contribution in [3.8, 4) is 20.9 Å². The zero-order chi connectivity index (χ0) is 29.9. The quantitative estimate of drug-likeness (QED) is 0.0938. The van der Waals surface area contributed by atoms with Gasteiger partial charge in [0.1, 0.15) is 0 Å². The zero-order valence-electron chi connectivity index (χ0n) is 26.9. The van der Waals surface area contributed by atoms with E-state index in [2.05, 4.69) is 118 Å². The standard InChI is InChI=1S/C34H41S4.3CH3.Sn/c1-5-9-11-23(7-3)21-25-13-15-29(37-25)31-27-17-19-36-34(27)32(28-18-20-35-33(28)31)30-16-14-26(38-30)22-24(8-4)12-10-6-2;;;;/h13-19,23-24H,5-12,21-22H2,1-4H3;3*1H3;. The first kappa shape index (κ1) is 32.7. The first-order valence-corrected chi connectivity index (χ1v) is 29.7. The molecule has 0 radical (unpaired) electrons. The van der Waals surface area contributed by atoms with Crippen molar-refractivity contribution in [2.75, 3.05) is 0 Å². The normalized spacial score (nSPS) is 13.9. The average Bonchev–Trinajstić information content (AvgIpc) is 3.78. The van der Waals surface area contributed by atoms with Gasteiger partial charge in [-0.1, -0.05) is 13.8 Å². The Bertz CT molecular complexity index is 1480. The molecule has 4 heterocycles. The van der Waals surface area contributed by atoms with Crippen LogP contribution in [0.3, 0.4) is 0 Å². The molecule has 4 aromatic heterocycles. The van der Waals surface area contributed by atoms with Gasteiger partial charge in [-0.2, -0.15) is 0 Å². The van der Waals surface area contributed by atoms with Crippen molar-refractivity contribution in [1.29, 1.82) is 0 Å². The van der Waals surface area contributed by atoms with Crippen LogP contribution in [-0.2, 0) is 12.8 Å². The summed E-state index contributed by atoms with van der Waals surface area (Å²) in [6.45, 7) is 9.39. The Kier molecular flexibility index (Phi) is 11.4. The van der Waals surface area contributed by atoms with E-state index < -0.39 is 18.4 Å². The van der Waals surface area contributed by atoms with Gasteiger partial charge in [-0.25, -0.2) is 0 Å². The van der Waals surface area contributed by atoms with Crippen molar-refractivity contribution < 1.29 is 0 Å². The van der Waals surface area contributed by atoms with E-state index in [0.29, 0.717) is 0 Å². The summed E-state index contributed by atoms with van der Waals surface area (Å²) in [6.07, 6.45) is 13.1. The summed E-state index contributed by atoms with van der Waals surface area (Å²) in [5, 5.41) is 5.32. The van der Waals surface area contributed by atoms with Gasteiger partial charge in [0.2, 0.25) is 0 Å². The number of fused-ring (bicyclic) bond motifs is 2. The van der Waals surface area contributed by atoms with Crippen molar-refractivity contribution in [1.82, 2.24) is 0 Å². The van der Waals surface area contributed by atoms with Crippen molar-refractivity contribution >= 4 is 86.8 Å². The SMILES string of the molecule is CCCCC(CC)Cc1ccc(-c2c3c[c]([Sn]([CH3])([CH3])[CH3])sc3c(-c3ccc(CC(CC)CCCC)s3)c3ccsc23)s1. The monoisotopic (exact) mass is 742 g/mol. The zero-order valence-corrected chi connectivity index (χ0v) is 33.0. The second-order valence-corrected chi connectivity index (χ2v) is 33.0. The van der Waals surface area contributed by atoms with Crippen LogP contribution >= 0.6 is 45.3 Å². The van der Waals surface area contributed by atoms with Gasteiger partial charge in [0.15, 0.2) is 0 Å². The number of benzene rings is 1. The van der Waals surface area contributed by atoms with Crippen LogP contribution in [0.5, 0.6) is 0 Å². The van der Waals surface area contributed by atoms with Crippen LogP contribution in [-0.4, -0.2) is 18.4 Å². The molecule has 1 aromatic carbocycles. The number of unbranched alkanes of at least 4 members (excludes halogenated alkanes) is 2. The van der Waals surface area contributed by atoms with E-state index in [0.717, 1.165) is 11.8 Å². The predicted octanol–water partition coefficient (Wildman–Crippen LogP) is 13.6. The van der Waals surface area contributed by atoms with E-state index in [1.54, 1.807) is 12.6 Å². The molecule has 0 bridgehead atoms. The van der Waals surface area contributed by atoms with E-state index >= 15 is 0 Å². The topological polar surface area (TPSA) is 0 Å². The molecule has 0 aliphatic heterocycles. The molecular weight excluding hydrogens is 691 g/mol. The van der Waals surface area contributed by atoms with Crippen molar-refractivity contribution in [2.24, 2.45) is 11.8 Å². The molecule has 2 atom stereocenters. The second kappa shape index (κ2) is 14.6. The Labute approximate surface area is 275 Å². The van der Waals surface area contributed by atoms with E-state index in [1.165, 1.54) is 105 Å². The number of rotatable bonds is 15. The van der Waals surface area contributed by atoms with Crippen LogP contribution in [0.1, 0.15) is 88.8 Å². The minimum atomic E-state index is -2.27. The third kappa shape index (κ3) is 7.24. The maximum absolute atomic E-state index is 2.63. The molecule has 2 unspecified atom stereocenters. The van der Waals surface area contributed by atoms with Crippen LogP contribution in [0.2, 0.25) is 14.8 Å². The molecule has 0 nitrogen and oxygen atoms in total. The summed E-state index contributed by atoms with van der Waals surface area (Å²) in [6, 6.07) is 14.8. The Balaban J connectivity index is 1.61. The molecular formula is C37H50S4Sn. The van der Waals surface area contributed by atoms with E-state index in [-0.39, 0.29) is 0 Å². The summed E-state index contributed by atoms with van der Waals surface area (Å²) in [5.41, 5.74) is 3.02. The maximum atomic E-state index is 2.63. The van der Waals surface area contributed by atoms with Gasteiger partial charge in [0.05, 0.1) is 0 Å². The molecule has 226 valence electrons. The van der Waals surface area contributed by atoms with Crippen LogP contribution < -0.4 is 2.89 Å². The average molecular weight is 742 g/mol. The fourth-order valence-corrected chi connectivity index (χ4v) is 16.2.